The number of hydrogen-bond donors (Lipinski definition) is 0. The van der Waals surface area contributed by atoms with Gasteiger partial charge in [-0.05, 0) is 18.2 Å². The third-order valence-corrected chi connectivity index (χ3v) is 2.94. The monoisotopic (exact) mass is 319 g/mol. The number of carbonyl (C=O) groups is 1. The molecule has 0 saturated heterocycles. The Morgan fingerprint density at radius 1 is 1.14 bits per heavy atom. The Morgan fingerprint density at radius 2 is 1.86 bits per heavy atom. The first-order chi connectivity index (χ1) is 10.6. The number of nitrogens with zero attached hydrogens (tertiary/aromatic N) is 1. The second-order valence-electron chi connectivity index (χ2n) is 4.18. The van der Waals surface area contributed by atoms with Gasteiger partial charge in [0, 0.05) is 16.7 Å². The number of hydrogen-bond acceptors (Lipinski definition) is 5. The highest BCUT2D eigenvalue weighted by atomic mass is 35.5. The average molecular weight is 320 g/mol. The average Bonchev–Trinajstić information content (AvgIpc) is 2.54. The van der Waals surface area contributed by atoms with Crippen molar-refractivity contribution in [2.24, 2.45) is 0 Å². The van der Waals surface area contributed by atoms with E-state index in [0.29, 0.717) is 10.7 Å². The van der Waals surface area contributed by atoms with Crippen LogP contribution >= 0.6 is 11.6 Å². The SMILES string of the molecule is COC=C(Oc1cccc(-c2ccc(Cl)cc2)n1)C(=O)OC. The molecule has 0 saturated carbocycles. The Morgan fingerprint density at radius 3 is 2.50 bits per heavy atom. The minimum absolute atomic E-state index is 0.0919. The van der Waals surface area contributed by atoms with Crippen LogP contribution in [0.5, 0.6) is 5.88 Å². The first-order valence-corrected chi connectivity index (χ1v) is 6.74. The molecule has 0 spiro atoms. The van der Waals surface area contributed by atoms with E-state index < -0.39 is 5.97 Å². The van der Waals surface area contributed by atoms with Crippen LogP contribution in [0.4, 0.5) is 0 Å². The van der Waals surface area contributed by atoms with Crippen molar-refractivity contribution < 1.29 is 19.0 Å². The second kappa shape index (κ2) is 7.47. The van der Waals surface area contributed by atoms with Gasteiger partial charge in [-0.1, -0.05) is 29.8 Å². The molecule has 5 nitrogen and oxygen atoms in total. The van der Waals surface area contributed by atoms with Crippen LogP contribution in [-0.4, -0.2) is 25.2 Å². The first-order valence-electron chi connectivity index (χ1n) is 6.36. The van der Waals surface area contributed by atoms with Gasteiger partial charge in [0.1, 0.15) is 6.26 Å². The fourth-order valence-corrected chi connectivity index (χ4v) is 1.81. The number of halogens is 1. The summed E-state index contributed by atoms with van der Waals surface area (Å²) in [4.78, 5) is 15.9. The van der Waals surface area contributed by atoms with E-state index in [1.807, 2.05) is 18.2 Å². The summed E-state index contributed by atoms with van der Waals surface area (Å²) in [7, 11) is 2.66. The molecule has 0 aliphatic heterocycles. The van der Waals surface area contributed by atoms with Crippen molar-refractivity contribution in [3.8, 4) is 17.1 Å². The van der Waals surface area contributed by atoms with Crippen molar-refractivity contribution in [2.75, 3.05) is 14.2 Å². The van der Waals surface area contributed by atoms with Crippen molar-refractivity contribution in [1.82, 2.24) is 4.98 Å². The number of rotatable bonds is 5. The van der Waals surface area contributed by atoms with Crippen LogP contribution < -0.4 is 4.74 Å². The van der Waals surface area contributed by atoms with Crippen molar-refractivity contribution in [2.45, 2.75) is 0 Å². The molecule has 2 rings (SSSR count). The molecular weight excluding hydrogens is 306 g/mol. The number of benzene rings is 1. The molecule has 1 aromatic heterocycles. The molecule has 0 fully saturated rings. The van der Waals surface area contributed by atoms with Gasteiger partial charge in [0.05, 0.1) is 19.9 Å². The molecular formula is C16H14ClNO4. The molecule has 114 valence electrons. The third-order valence-electron chi connectivity index (χ3n) is 2.69. The van der Waals surface area contributed by atoms with Crippen molar-refractivity contribution in [3.05, 3.63) is 59.5 Å². The van der Waals surface area contributed by atoms with Gasteiger partial charge in [-0.2, -0.15) is 0 Å². The number of esters is 1. The van der Waals surface area contributed by atoms with Crippen LogP contribution in [0.25, 0.3) is 11.3 Å². The lowest BCUT2D eigenvalue weighted by molar-refractivity contribution is -0.138. The Bertz CT molecular complexity index is 683. The molecule has 1 aromatic carbocycles. The van der Waals surface area contributed by atoms with E-state index >= 15 is 0 Å². The summed E-state index contributed by atoms with van der Waals surface area (Å²) in [5, 5.41) is 0.646. The van der Waals surface area contributed by atoms with Gasteiger partial charge in [-0.15, -0.1) is 0 Å². The molecule has 0 atom stereocenters. The normalized spacial score (nSPS) is 11.0. The quantitative estimate of drug-likeness (QED) is 0.480. The lowest BCUT2D eigenvalue weighted by atomic mass is 10.1. The molecule has 0 unspecified atom stereocenters. The standard InChI is InChI=1S/C16H14ClNO4/c1-20-10-14(16(19)21-2)22-15-5-3-4-13(18-15)11-6-8-12(17)9-7-11/h3-10H,1-2H3. The maximum atomic E-state index is 11.6. The minimum atomic E-state index is -0.652. The fraction of sp³-hybridized carbons (Fsp3) is 0.125. The Hall–Kier alpha value is -2.53. The smallest absolute Gasteiger partial charge is 0.377 e. The zero-order valence-electron chi connectivity index (χ0n) is 12.1. The molecule has 22 heavy (non-hydrogen) atoms. The lowest BCUT2D eigenvalue weighted by Gasteiger charge is -2.08. The molecule has 1 heterocycles. The van der Waals surface area contributed by atoms with Crippen LogP contribution in [-0.2, 0) is 14.3 Å². The van der Waals surface area contributed by atoms with E-state index in [1.165, 1.54) is 14.2 Å². The van der Waals surface area contributed by atoms with Crippen molar-refractivity contribution in [1.29, 1.82) is 0 Å². The summed E-state index contributed by atoms with van der Waals surface area (Å²) in [5.41, 5.74) is 1.57. The highest BCUT2D eigenvalue weighted by molar-refractivity contribution is 6.30. The van der Waals surface area contributed by atoms with E-state index in [1.54, 1.807) is 24.3 Å². The van der Waals surface area contributed by atoms with Gasteiger partial charge >= 0.3 is 5.97 Å². The second-order valence-corrected chi connectivity index (χ2v) is 4.62. The van der Waals surface area contributed by atoms with Crippen LogP contribution in [0.3, 0.4) is 0 Å². The topological polar surface area (TPSA) is 57.7 Å². The minimum Gasteiger partial charge on any atom is -0.500 e. The summed E-state index contributed by atoms with van der Waals surface area (Å²) in [6.07, 6.45) is 1.16. The molecule has 0 amide bonds. The van der Waals surface area contributed by atoms with Crippen molar-refractivity contribution in [3.63, 3.8) is 0 Å². The maximum absolute atomic E-state index is 11.6. The summed E-state index contributed by atoms with van der Waals surface area (Å²) in [6, 6.07) is 12.5. The molecule has 0 aliphatic carbocycles. The van der Waals surface area contributed by atoms with Gasteiger partial charge in [-0.3, -0.25) is 0 Å². The Labute approximate surface area is 133 Å². The first kappa shape index (κ1) is 15.9. The van der Waals surface area contributed by atoms with Crippen LogP contribution in [0.15, 0.2) is 54.5 Å². The van der Waals surface area contributed by atoms with Crippen LogP contribution in [0, 0.1) is 0 Å². The van der Waals surface area contributed by atoms with Crippen LogP contribution in [0.2, 0.25) is 5.02 Å². The number of methoxy groups -OCH3 is 2. The van der Waals surface area contributed by atoms with E-state index in [2.05, 4.69) is 9.72 Å². The van der Waals surface area contributed by atoms with Gasteiger partial charge in [-0.25, -0.2) is 9.78 Å². The van der Waals surface area contributed by atoms with E-state index in [9.17, 15) is 4.79 Å². The molecule has 2 aromatic rings. The predicted octanol–water partition coefficient (Wildman–Crippen LogP) is 3.44. The fourth-order valence-electron chi connectivity index (χ4n) is 1.69. The highest BCUT2D eigenvalue weighted by Gasteiger charge is 2.14. The zero-order chi connectivity index (χ0) is 15.9. The lowest BCUT2D eigenvalue weighted by Crippen LogP contribution is -2.11. The molecule has 0 aliphatic rings. The van der Waals surface area contributed by atoms with Gasteiger partial charge in [0.2, 0.25) is 11.6 Å². The van der Waals surface area contributed by atoms with E-state index in [4.69, 9.17) is 21.1 Å². The molecule has 6 heteroatoms. The summed E-state index contributed by atoms with van der Waals surface area (Å²) >= 11 is 5.87. The maximum Gasteiger partial charge on any atom is 0.377 e. The predicted molar refractivity (Wildman–Crippen MR) is 82.4 cm³/mol. The van der Waals surface area contributed by atoms with Gasteiger partial charge in [0.15, 0.2) is 0 Å². The molecule has 0 bridgehead atoms. The Kier molecular flexibility index (Phi) is 5.38. The summed E-state index contributed by atoms with van der Waals surface area (Å²) in [6.45, 7) is 0. The third kappa shape index (κ3) is 3.99. The molecule has 0 N–H and O–H groups in total. The Balaban J connectivity index is 2.26. The number of aromatic nitrogens is 1. The van der Waals surface area contributed by atoms with E-state index in [-0.39, 0.29) is 11.6 Å². The largest absolute Gasteiger partial charge is 0.500 e. The molecule has 0 radical (unpaired) electrons. The number of carbonyl (C=O) groups excluding carboxylic acids is 1. The van der Waals surface area contributed by atoms with Crippen LogP contribution in [0.1, 0.15) is 0 Å². The number of ether oxygens (including phenoxy) is 3. The van der Waals surface area contributed by atoms with Gasteiger partial charge < -0.3 is 14.2 Å². The summed E-state index contributed by atoms with van der Waals surface area (Å²) < 4.78 is 14.8. The highest BCUT2D eigenvalue weighted by Crippen LogP contribution is 2.22. The summed E-state index contributed by atoms with van der Waals surface area (Å²) in [5.74, 6) is -0.493. The van der Waals surface area contributed by atoms with E-state index in [0.717, 1.165) is 11.8 Å². The van der Waals surface area contributed by atoms with Gasteiger partial charge in [0.25, 0.3) is 0 Å². The number of pyridine rings is 1. The van der Waals surface area contributed by atoms with Crippen molar-refractivity contribution >= 4 is 17.6 Å². The zero-order valence-corrected chi connectivity index (χ0v) is 12.8.